The van der Waals surface area contributed by atoms with Gasteiger partial charge in [-0.3, -0.25) is 9.80 Å². The fourth-order valence-corrected chi connectivity index (χ4v) is 4.32. The van der Waals surface area contributed by atoms with Gasteiger partial charge in [0.15, 0.2) is 0 Å². The molecule has 3 nitrogen and oxygen atoms in total. The zero-order valence-electron chi connectivity index (χ0n) is 12.8. The molecule has 2 fully saturated rings. The Morgan fingerprint density at radius 1 is 1.19 bits per heavy atom. The Kier molecular flexibility index (Phi) is 4.87. The van der Waals surface area contributed by atoms with E-state index in [0.29, 0.717) is 5.75 Å². The Morgan fingerprint density at radius 3 is 2.71 bits per heavy atom. The molecule has 0 spiro atoms. The van der Waals surface area contributed by atoms with Crippen molar-refractivity contribution in [2.75, 3.05) is 26.2 Å². The fraction of sp³-hybridized carbons (Fsp3) is 0.647. The molecule has 0 saturated carbocycles. The Hall–Kier alpha value is -0.580. The molecule has 0 aromatic heterocycles. The highest BCUT2D eigenvalue weighted by Crippen LogP contribution is 2.29. The summed E-state index contributed by atoms with van der Waals surface area (Å²) < 4.78 is 1.06. The first kappa shape index (κ1) is 15.3. The first-order valence-corrected chi connectivity index (χ1v) is 8.87. The fourth-order valence-electron chi connectivity index (χ4n) is 3.70. The molecule has 1 aromatic carbocycles. The maximum absolute atomic E-state index is 10.2. The number of piperidine rings is 1. The van der Waals surface area contributed by atoms with Crippen molar-refractivity contribution in [3.05, 3.63) is 27.7 Å². The lowest BCUT2D eigenvalue weighted by Crippen LogP contribution is -2.40. The molecule has 3 rings (SSSR count). The van der Waals surface area contributed by atoms with Crippen LogP contribution in [0.25, 0.3) is 0 Å². The highest BCUT2D eigenvalue weighted by atomic mass is 79.9. The molecule has 1 N–H and O–H groups in total. The van der Waals surface area contributed by atoms with Crippen molar-refractivity contribution in [2.24, 2.45) is 0 Å². The number of phenols is 1. The zero-order valence-corrected chi connectivity index (χ0v) is 14.4. The molecule has 1 aromatic rings. The highest BCUT2D eigenvalue weighted by Gasteiger charge is 2.28. The topological polar surface area (TPSA) is 26.7 Å². The number of aromatic hydroxyl groups is 1. The smallest absolute Gasteiger partial charge is 0.123 e. The SMILES string of the molecule is Cc1cc(Br)cc(CN2CCC(N3CCCCC3)C2)c1O. The Balaban J connectivity index is 1.62. The van der Waals surface area contributed by atoms with Gasteiger partial charge >= 0.3 is 0 Å². The van der Waals surface area contributed by atoms with Crippen LogP contribution < -0.4 is 0 Å². The van der Waals surface area contributed by atoms with Crippen LogP contribution in [-0.4, -0.2) is 47.1 Å². The second-order valence-electron chi connectivity index (χ2n) is 6.50. The summed E-state index contributed by atoms with van der Waals surface area (Å²) in [5.41, 5.74) is 1.99. The van der Waals surface area contributed by atoms with E-state index >= 15 is 0 Å². The minimum Gasteiger partial charge on any atom is -0.507 e. The van der Waals surface area contributed by atoms with Gasteiger partial charge in [0.2, 0.25) is 0 Å². The number of halogens is 1. The van der Waals surface area contributed by atoms with Crippen LogP contribution >= 0.6 is 15.9 Å². The van der Waals surface area contributed by atoms with Gasteiger partial charge in [-0.25, -0.2) is 0 Å². The zero-order chi connectivity index (χ0) is 14.8. The molecule has 0 amide bonds. The van der Waals surface area contributed by atoms with Crippen LogP contribution in [0.15, 0.2) is 16.6 Å². The Labute approximate surface area is 136 Å². The minimum atomic E-state index is 0.458. The summed E-state index contributed by atoms with van der Waals surface area (Å²) in [4.78, 5) is 5.16. The molecular weight excluding hydrogens is 328 g/mol. The highest BCUT2D eigenvalue weighted by molar-refractivity contribution is 9.10. The van der Waals surface area contributed by atoms with E-state index in [1.165, 1.54) is 38.8 Å². The van der Waals surface area contributed by atoms with E-state index in [2.05, 4.69) is 31.8 Å². The molecule has 21 heavy (non-hydrogen) atoms. The van der Waals surface area contributed by atoms with E-state index in [1.807, 2.05) is 13.0 Å². The van der Waals surface area contributed by atoms with Crippen LogP contribution in [0.3, 0.4) is 0 Å². The third-order valence-corrected chi connectivity index (χ3v) is 5.35. The molecule has 0 bridgehead atoms. The van der Waals surface area contributed by atoms with Crippen LogP contribution in [-0.2, 0) is 6.54 Å². The third kappa shape index (κ3) is 3.61. The molecule has 0 aliphatic carbocycles. The molecular formula is C17H25BrN2O. The van der Waals surface area contributed by atoms with E-state index in [1.54, 1.807) is 0 Å². The normalized spacial score (nSPS) is 24.6. The summed E-state index contributed by atoms with van der Waals surface area (Å²) in [5, 5.41) is 10.2. The summed E-state index contributed by atoms with van der Waals surface area (Å²) in [7, 11) is 0. The Morgan fingerprint density at radius 2 is 1.95 bits per heavy atom. The predicted octanol–water partition coefficient (Wildman–Crippen LogP) is 3.52. The lowest BCUT2D eigenvalue weighted by atomic mass is 10.1. The van der Waals surface area contributed by atoms with Crippen LogP contribution in [0.2, 0.25) is 0 Å². The lowest BCUT2D eigenvalue weighted by molar-refractivity contribution is 0.161. The average molecular weight is 353 g/mol. The van der Waals surface area contributed by atoms with Crippen molar-refractivity contribution in [1.29, 1.82) is 0 Å². The van der Waals surface area contributed by atoms with E-state index in [4.69, 9.17) is 0 Å². The van der Waals surface area contributed by atoms with Crippen molar-refractivity contribution in [3.63, 3.8) is 0 Å². The van der Waals surface area contributed by atoms with Gasteiger partial charge in [0, 0.05) is 35.7 Å². The van der Waals surface area contributed by atoms with Gasteiger partial charge in [0.05, 0.1) is 0 Å². The largest absolute Gasteiger partial charge is 0.507 e. The molecule has 4 heteroatoms. The molecule has 2 aliphatic rings. The summed E-state index contributed by atoms with van der Waals surface area (Å²) >= 11 is 3.53. The monoisotopic (exact) mass is 352 g/mol. The van der Waals surface area contributed by atoms with Gasteiger partial charge in [-0.2, -0.15) is 0 Å². The standard InChI is InChI=1S/C17H25BrN2O/c1-13-9-15(18)10-14(17(13)21)11-19-8-5-16(12-19)20-6-3-2-4-7-20/h9-10,16,21H,2-8,11-12H2,1H3. The number of aryl methyl sites for hydroxylation is 1. The summed E-state index contributed by atoms with van der Waals surface area (Å²) in [6.45, 7) is 7.66. The first-order valence-electron chi connectivity index (χ1n) is 8.08. The molecule has 2 saturated heterocycles. The van der Waals surface area contributed by atoms with Gasteiger partial charge in [0.1, 0.15) is 5.75 Å². The van der Waals surface area contributed by atoms with E-state index < -0.39 is 0 Å². The van der Waals surface area contributed by atoms with Gasteiger partial charge < -0.3 is 5.11 Å². The quantitative estimate of drug-likeness (QED) is 0.901. The van der Waals surface area contributed by atoms with E-state index in [9.17, 15) is 5.11 Å². The number of benzene rings is 1. The van der Waals surface area contributed by atoms with E-state index in [-0.39, 0.29) is 0 Å². The maximum atomic E-state index is 10.2. The summed E-state index contributed by atoms with van der Waals surface area (Å²) in [6, 6.07) is 4.75. The van der Waals surface area contributed by atoms with Crippen molar-refractivity contribution in [2.45, 2.75) is 45.2 Å². The minimum absolute atomic E-state index is 0.458. The molecule has 116 valence electrons. The first-order chi connectivity index (χ1) is 10.1. The van der Waals surface area contributed by atoms with Crippen LogP contribution in [0.1, 0.15) is 36.8 Å². The van der Waals surface area contributed by atoms with Crippen molar-refractivity contribution < 1.29 is 5.11 Å². The van der Waals surface area contributed by atoms with Gasteiger partial charge in [0.25, 0.3) is 0 Å². The number of likely N-dealkylation sites (tertiary alicyclic amines) is 2. The Bertz CT molecular complexity index is 500. The molecule has 0 radical (unpaired) electrons. The molecule has 1 unspecified atom stereocenters. The number of hydrogen-bond donors (Lipinski definition) is 1. The van der Waals surface area contributed by atoms with Crippen molar-refractivity contribution >= 4 is 15.9 Å². The average Bonchev–Trinajstić information content (AvgIpc) is 2.94. The summed E-state index contributed by atoms with van der Waals surface area (Å²) in [6.07, 6.45) is 5.40. The number of hydrogen-bond acceptors (Lipinski definition) is 3. The predicted molar refractivity (Wildman–Crippen MR) is 89.6 cm³/mol. The van der Waals surface area contributed by atoms with Gasteiger partial charge in [-0.15, -0.1) is 0 Å². The van der Waals surface area contributed by atoms with Gasteiger partial charge in [-0.1, -0.05) is 22.4 Å². The lowest BCUT2D eigenvalue weighted by Gasteiger charge is -2.32. The maximum Gasteiger partial charge on any atom is 0.123 e. The molecule has 1 atom stereocenters. The summed E-state index contributed by atoms with van der Waals surface area (Å²) in [5.74, 6) is 0.458. The van der Waals surface area contributed by atoms with Crippen LogP contribution in [0.5, 0.6) is 5.75 Å². The molecule has 2 aliphatic heterocycles. The number of rotatable bonds is 3. The van der Waals surface area contributed by atoms with Crippen molar-refractivity contribution in [3.8, 4) is 5.75 Å². The van der Waals surface area contributed by atoms with Crippen LogP contribution in [0, 0.1) is 6.92 Å². The van der Waals surface area contributed by atoms with Gasteiger partial charge in [-0.05, 0) is 57.0 Å². The van der Waals surface area contributed by atoms with Crippen LogP contribution in [0.4, 0.5) is 0 Å². The van der Waals surface area contributed by atoms with Crippen molar-refractivity contribution in [1.82, 2.24) is 9.80 Å². The molecule has 2 heterocycles. The second kappa shape index (κ2) is 6.67. The number of nitrogens with zero attached hydrogens (tertiary/aromatic N) is 2. The third-order valence-electron chi connectivity index (χ3n) is 4.89. The second-order valence-corrected chi connectivity index (χ2v) is 7.42. The number of phenolic OH excluding ortho intramolecular Hbond substituents is 1. The van der Waals surface area contributed by atoms with E-state index in [0.717, 1.165) is 41.3 Å².